The summed E-state index contributed by atoms with van der Waals surface area (Å²) < 4.78 is 5.06. The third kappa shape index (κ3) is 1.94. The van der Waals surface area contributed by atoms with E-state index in [1.165, 1.54) is 0 Å². The summed E-state index contributed by atoms with van der Waals surface area (Å²) in [6.07, 6.45) is 0. The minimum absolute atomic E-state index is 0.0770. The van der Waals surface area contributed by atoms with Gasteiger partial charge in [0.25, 0.3) is 0 Å². The minimum atomic E-state index is -0.585. The molecule has 1 aromatic carbocycles. The topological polar surface area (TPSA) is 50.4 Å². The molecule has 0 aliphatic rings. The van der Waals surface area contributed by atoms with Gasteiger partial charge < -0.3 is 9.52 Å². The van der Waals surface area contributed by atoms with Crippen molar-refractivity contribution in [3.05, 3.63) is 51.0 Å². The number of hydrogen-bond donors (Lipinski definition) is 1. The predicted molar refractivity (Wildman–Crippen MR) is 66.6 cm³/mol. The van der Waals surface area contributed by atoms with Crippen LogP contribution < -0.4 is 5.63 Å². The fraction of sp³-hybridized carbons (Fsp3) is 0.154. The average molecular weight is 251 g/mol. The van der Waals surface area contributed by atoms with Crippen LogP contribution in [0.2, 0.25) is 5.02 Å². The molecule has 0 saturated carbocycles. The van der Waals surface area contributed by atoms with Gasteiger partial charge in [-0.1, -0.05) is 29.8 Å². The highest BCUT2D eigenvalue weighted by Gasteiger charge is 2.17. The zero-order chi connectivity index (χ0) is 12.6. The minimum Gasteiger partial charge on any atom is -0.507 e. The summed E-state index contributed by atoms with van der Waals surface area (Å²) in [5.41, 5.74) is 0.542. The van der Waals surface area contributed by atoms with Crippen LogP contribution in [0, 0.1) is 13.8 Å². The van der Waals surface area contributed by atoms with Crippen LogP contribution in [-0.2, 0) is 0 Å². The van der Waals surface area contributed by atoms with Crippen molar-refractivity contribution in [1.29, 1.82) is 0 Å². The van der Waals surface area contributed by atoms with Crippen LogP contribution in [0.1, 0.15) is 11.3 Å². The SMILES string of the molecule is Cc1oc(=O)c(-c2ccccc2Cl)c(O)c1C. The monoisotopic (exact) mass is 250 g/mol. The van der Waals surface area contributed by atoms with Crippen LogP contribution in [-0.4, -0.2) is 5.11 Å². The van der Waals surface area contributed by atoms with E-state index in [2.05, 4.69) is 0 Å². The Kier molecular flexibility index (Phi) is 2.94. The molecular formula is C13H11ClO3. The Morgan fingerprint density at radius 3 is 2.53 bits per heavy atom. The average Bonchev–Trinajstić information content (AvgIpc) is 2.29. The normalized spacial score (nSPS) is 10.5. The highest BCUT2D eigenvalue weighted by atomic mass is 35.5. The molecule has 0 aliphatic carbocycles. The third-order valence-electron chi connectivity index (χ3n) is 2.71. The van der Waals surface area contributed by atoms with Gasteiger partial charge in [-0.3, -0.25) is 0 Å². The lowest BCUT2D eigenvalue weighted by Crippen LogP contribution is -2.06. The first kappa shape index (κ1) is 11.7. The van der Waals surface area contributed by atoms with Crippen LogP contribution in [0.5, 0.6) is 5.75 Å². The Bertz CT molecular complexity index is 629. The molecule has 4 heteroatoms. The van der Waals surface area contributed by atoms with E-state index in [1.807, 2.05) is 0 Å². The Morgan fingerprint density at radius 2 is 1.88 bits per heavy atom. The van der Waals surface area contributed by atoms with E-state index in [0.717, 1.165) is 0 Å². The number of aryl methyl sites for hydroxylation is 1. The molecule has 2 aromatic rings. The van der Waals surface area contributed by atoms with E-state index in [4.69, 9.17) is 16.0 Å². The van der Waals surface area contributed by atoms with E-state index in [0.29, 0.717) is 21.9 Å². The van der Waals surface area contributed by atoms with Gasteiger partial charge in [0.1, 0.15) is 17.1 Å². The molecule has 0 saturated heterocycles. The van der Waals surface area contributed by atoms with Crippen LogP contribution >= 0.6 is 11.6 Å². The quantitative estimate of drug-likeness (QED) is 0.845. The molecule has 0 spiro atoms. The second kappa shape index (κ2) is 4.26. The standard InChI is InChI=1S/C13H11ClO3/c1-7-8(2)17-13(16)11(12(7)15)9-5-3-4-6-10(9)14/h3-6,15H,1-2H3. The second-order valence-corrected chi connectivity index (χ2v) is 4.18. The maximum atomic E-state index is 11.8. The van der Waals surface area contributed by atoms with Crippen molar-refractivity contribution in [2.45, 2.75) is 13.8 Å². The van der Waals surface area contributed by atoms with Gasteiger partial charge in [0.2, 0.25) is 0 Å². The first-order chi connectivity index (χ1) is 8.02. The maximum Gasteiger partial charge on any atom is 0.347 e. The fourth-order valence-corrected chi connectivity index (χ4v) is 1.85. The van der Waals surface area contributed by atoms with E-state index in [-0.39, 0.29) is 11.3 Å². The Labute approximate surface area is 103 Å². The molecule has 0 aliphatic heterocycles. The van der Waals surface area contributed by atoms with Crippen molar-refractivity contribution in [3.63, 3.8) is 0 Å². The van der Waals surface area contributed by atoms with Crippen LogP contribution in [0.25, 0.3) is 11.1 Å². The van der Waals surface area contributed by atoms with Gasteiger partial charge in [0, 0.05) is 16.1 Å². The van der Waals surface area contributed by atoms with Crippen molar-refractivity contribution >= 4 is 11.6 Å². The van der Waals surface area contributed by atoms with Gasteiger partial charge in [0.05, 0.1) is 0 Å². The molecule has 2 rings (SSSR count). The highest BCUT2D eigenvalue weighted by molar-refractivity contribution is 6.33. The summed E-state index contributed by atoms with van der Waals surface area (Å²) in [7, 11) is 0. The van der Waals surface area contributed by atoms with Gasteiger partial charge in [-0.05, 0) is 19.9 Å². The molecular weight excluding hydrogens is 240 g/mol. The molecule has 0 amide bonds. The molecule has 1 heterocycles. The second-order valence-electron chi connectivity index (χ2n) is 3.77. The molecule has 0 fully saturated rings. The molecule has 88 valence electrons. The molecule has 0 atom stereocenters. The Balaban J connectivity index is 2.82. The predicted octanol–water partition coefficient (Wildman–Crippen LogP) is 3.28. The van der Waals surface area contributed by atoms with Gasteiger partial charge in [0.15, 0.2) is 0 Å². The first-order valence-electron chi connectivity index (χ1n) is 5.10. The van der Waals surface area contributed by atoms with E-state index < -0.39 is 5.63 Å². The molecule has 0 unspecified atom stereocenters. The summed E-state index contributed by atoms with van der Waals surface area (Å²) in [6.45, 7) is 3.32. The van der Waals surface area contributed by atoms with E-state index in [1.54, 1.807) is 38.1 Å². The lowest BCUT2D eigenvalue weighted by atomic mass is 10.0. The van der Waals surface area contributed by atoms with E-state index in [9.17, 15) is 9.90 Å². The Hall–Kier alpha value is -1.74. The van der Waals surface area contributed by atoms with Crippen LogP contribution in [0.4, 0.5) is 0 Å². The summed E-state index contributed by atoms with van der Waals surface area (Å²) in [5, 5.41) is 10.4. The zero-order valence-corrected chi connectivity index (χ0v) is 10.2. The fourth-order valence-electron chi connectivity index (χ4n) is 1.62. The number of halogens is 1. The number of benzene rings is 1. The van der Waals surface area contributed by atoms with Gasteiger partial charge in [-0.15, -0.1) is 0 Å². The molecule has 1 aromatic heterocycles. The number of hydrogen-bond acceptors (Lipinski definition) is 3. The molecule has 0 radical (unpaired) electrons. The third-order valence-corrected chi connectivity index (χ3v) is 3.04. The highest BCUT2D eigenvalue weighted by Crippen LogP contribution is 2.34. The zero-order valence-electron chi connectivity index (χ0n) is 9.45. The van der Waals surface area contributed by atoms with Gasteiger partial charge in [-0.2, -0.15) is 0 Å². The van der Waals surface area contributed by atoms with Crippen LogP contribution in [0.3, 0.4) is 0 Å². The lowest BCUT2D eigenvalue weighted by molar-refractivity contribution is 0.431. The Morgan fingerprint density at radius 1 is 1.24 bits per heavy atom. The van der Waals surface area contributed by atoms with Crippen LogP contribution in [0.15, 0.2) is 33.5 Å². The first-order valence-corrected chi connectivity index (χ1v) is 5.48. The summed E-state index contributed by atoms with van der Waals surface area (Å²) in [5.74, 6) is 0.329. The van der Waals surface area contributed by atoms with Crippen molar-refractivity contribution in [1.82, 2.24) is 0 Å². The van der Waals surface area contributed by atoms with Crippen molar-refractivity contribution in [3.8, 4) is 16.9 Å². The molecule has 1 N–H and O–H groups in total. The number of aromatic hydroxyl groups is 1. The largest absolute Gasteiger partial charge is 0.507 e. The summed E-state index contributed by atoms with van der Waals surface area (Å²) in [4.78, 5) is 11.8. The van der Waals surface area contributed by atoms with Crippen molar-refractivity contribution in [2.75, 3.05) is 0 Å². The van der Waals surface area contributed by atoms with E-state index >= 15 is 0 Å². The van der Waals surface area contributed by atoms with Crippen molar-refractivity contribution < 1.29 is 9.52 Å². The van der Waals surface area contributed by atoms with Crippen molar-refractivity contribution in [2.24, 2.45) is 0 Å². The smallest absolute Gasteiger partial charge is 0.347 e. The summed E-state index contributed by atoms with van der Waals surface area (Å²) in [6, 6.07) is 6.83. The maximum absolute atomic E-state index is 11.8. The molecule has 0 bridgehead atoms. The summed E-state index contributed by atoms with van der Waals surface area (Å²) >= 11 is 6.00. The van der Waals surface area contributed by atoms with Gasteiger partial charge >= 0.3 is 5.63 Å². The molecule has 17 heavy (non-hydrogen) atoms. The number of rotatable bonds is 1. The molecule has 3 nitrogen and oxygen atoms in total. The van der Waals surface area contributed by atoms with Gasteiger partial charge in [-0.25, -0.2) is 4.79 Å². The lowest BCUT2D eigenvalue weighted by Gasteiger charge is -2.08.